The minimum atomic E-state index is -2.49. The van der Waals surface area contributed by atoms with Gasteiger partial charge in [0.1, 0.15) is 18.3 Å². The average molecular weight is 533 g/mol. The normalized spacial score (nSPS) is 17.1. The smallest absolute Gasteiger partial charge is 0.314 e. The molecule has 4 atom stereocenters. The fourth-order valence-electron chi connectivity index (χ4n) is 3.14. The van der Waals surface area contributed by atoms with Crippen LogP contribution in [0.25, 0.3) is 0 Å². The summed E-state index contributed by atoms with van der Waals surface area (Å²) < 4.78 is 30.0. The van der Waals surface area contributed by atoms with Crippen LogP contribution >= 0.6 is 0 Å². The molecule has 0 fully saturated rings. The Morgan fingerprint density at radius 1 is 0.606 bits per heavy atom. The molecule has 4 unspecified atom stereocenters. The quantitative estimate of drug-likeness (QED) is 0.141. The van der Waals surface area contributed by atoms with E-state index in [1.165, 1.54) is 0 Å². The van der Waals surface area contributed by atoms with E-state index >= 15 is 0 Å². The predicted octanol–water partition coefficient (Wildman–Crippen LogP) is 0.637. The maximum atomic E-state index is 9.55. The van der Waals surface area contributed by atoms with Crippen LogP contribution in [0.15, 0.2) is 0 Å². The van der Waals surface area contributed by atoms with E-state index < -0.39 is 56.7 Å². The second-order valence-electron chi connectivity index (χ2n) is 10.4. The topological polar surface area (TPSA) is 147 Å². The number of ether oxygens (including phenoxy) is 3. The summed E-state index contributed by atoms with van der Waals surface area (Å²) in [4.78, 5) is 0. The molecule has 10 nitrogen and oxygen atoms in total. The lowest BCUT2D eigenvalue weighted by atomic mass is 10.3. The van der Waals surface area contributed by atoms with E-state index in [0.29, 0.717) is 12.5 Å². The highest BCUT2D eigenvalue weighted by Crippen LogP contribution is 2.26. The Labute approximate surface area is 202 Å². The monoisotopic (exact) mass is 532 g/mol. The van der Waals surface area contributed by atoms with Crippen LogP contribution in [0.2, 0.25) is 51.9 Å². The molecule has 0 aromatic rings. The van der Waals surface area contributed by atoms with Gasteiger partial charge in [0.15, 0.2) is 16.6 Å². The van der Waals surface area contributed by atoms with Gasteiger partial charge < -0.3 is 48.0 Å². The van der Waals surface area contributed by atoms with Gasteiger partial charge in [-0.1, -0.05) is 0 Å². The van der Waals surface area contributed by atoms with Crippen molar-refractivity contribution in [2.24, 2.45) is 0 Å². The number of aliphatic hydroxyl groups is 5. The second-order valence-corrected chi connectivity index (χ2v) is 23.3. The molecule has 0 amide bonds. The third-order valence-electron chi connectivity index (χ3n) is 4.25. The molecule has 0 aliphatic heterocycles. The van der Waals surface area contributed by atoms with Gasteiger partial charge in [-0.25, -0.2) is 0 Å². The fourth-order valence-corrected chi connectivity index (χ4v) is 15.7. The third kappa shape index (κ3) is 18.2. The highest BCUT2D eigenvalue weighted by atomic mass is 28.5. The fraction of sp³-hybridized carbons (Fsp3) is 1.00. The van der Waals surface area contributed by atoms with Gasteiger partial charge in [0.25, 0.3) is 0 Å². The van der Waals surface area contributed by atoms with Crippen molar-refractivity contribution in [3.8, 4) is 0 Å². The van der Waals surface area contributed by atoms with Gasteiger partial charge in [0, 0.05) is 0 Å². The first-order chi connectivity index (χ1) is 15.1. The molecule has 33 heavy (non-hydrogen) atoms. The lowest BCUT2D eigenvalue weighted by Crippen LogP contribution is -2.53. The summed E-state index contributed by atoms with van der Waals surface area (Å²) >= 11 is 0. The Morgan fingerprint density at radius 3 is 1.55 bits per heavy atom. The van der Waals surface area contributed by atoms with Crippen LogP contribution in [0.3, 0.4) is 0 Å². The lowest BCUT2D eigenvalue weighted by Gasteiger charge is -2.39. The van der Waals surface area contributed by atoms with Crippen molar-refractivity contribution in [2.75, 3.05) is 46.2 Å². The van der Waals surface area contributed by atoms with Crippen molar-refractivity contribution in [3.63, 3.8) is 0 Å². The third-order valence-corrected chi connectivity index (χ3v) is 13.8. The summed E-state index contributed by atoms with van der Waals surface area (Å²) in [6, 6.07) is 0.687. The average Bonchev–Trinajstić information content (AvgIpc) is 2.67. The highest BCUT2D eigenvalue weighted by Gasteiger charge is 2.40. The van der Waals surface area contributed by atoms with Gasteiger partial charge in [-0.05, 0) is 58.3 Å². The maximum absolute atomic E-state index is 9.55. The molecule has 0 bridgehead atoms. The van der Waals surface area contributed by atoms with Crippen molar-refractivity contribution in [3.05, 3.63) is 0 Å². The van der Waals surface area contributed by atoms with Gasteiger partial charge in [-0.2, -0.15) is 0 Å². The zero-order valence-electron chi connectivity index (χ0n) is 21.5. The zero-order valence-corrected chi connectivity index (χ0v) is 24.5. The molecule has 0 aliphatic carbocycles. The molecule has 0 rings (SSSR count). The molecular weight excluding hydrogens is 484 g/mol. The van der Waals surface area contributed by atoms with E-state index in [9.17, 15) is 15.3 Å². The van der Waals surface area contributed by atoms with Crippen LogP contribution in [0.5, 0.6) is 0 Å². The van der Waals surface area contributed by atoms with Gasteiger partial charge in [-0.3, -0.25) is 0 Å². The van der Waals surface area contributed by atoms with Crippen molar-refractivity contribution < 1.29 is 48.0 Å². The molecule has 0 saturated heterocycles. The van der Waals surface area contributed by atoms with E-state index in [1.54, 1.807) is 0 Å². The molecule has 13 heteroatoms. The Balaban J connectivity index is 5.16. The van der Waals surface area contributed by atoms with Crippen molar-refractivity contribution in [1.82, 2.24) is 0 Å². The first-order valence-corrected chi connectivity index (χ1v) is 20.9. The molecule has 0 aliphatic rings. The molecule has 0 aromatic carbocycles. The second kappa shape index (κ2) is 16.1. The standard InChI is InChI=1S/C20H48O10Si3/c1-31(2,3)29-33(7,30-32(4,5)6)9-8-19(15-26-13-17(24)10-21)28-16-20(12-23)27-14-18(25)11-22/h17-25H,8-16H2,1-7H3. The number of hydrogen-bond acceptors (Lipinski definition) is 10. The van der Waals surface area contributed by atoms with E-state index in [1.807, 2.05) is 0 Å². The minimum absolute atomic E-state index is 0.0233. The molecule has 0 saturated carbocycles. The molecule has 0 radical (unpaired) electrons. The summed E-state index contributed by atoms with van der Waals surface area (Å²) in [5.41, 5.74) is 0. The Hall–Kier alpha value is 0.251. The highest BCUT2D eigenvalue weighted by molar-refractivity contribution is 6.87. The summed E-state index contributed by atoms with van der Waals surface area (Å²) in [5.74, 6) is 0. The number of rotatable bonds is 20. The van der Waals surface area contributed by atoms with Gasteiger partial charge in [0.05, 0.1) is 52.4 Å². The Bertz CT molecular complexity index is 485. The van der Waals surface area contributed by atoms with E-state index in [0.717, 1.165) is 0 Å². The van der Waals surface area contributed by atoms with E-state index in [4.69, 9.17) is 32.7 Å². The number of hydrogen-bond donors (Lipinski definition) is 5. The summed E-state index contributed by atoms with van der Waals surface area (Å²) in [6.07, 6.45) is -2.45. The number of aliphatic hydroxyl groups excluding tert-OH is 5. The van der Waals surface area contributed by atoms with Crippen LogP contribution in [0, 0.1) is 0 Å². The largest absolute Gasteiger partial charge is 0.437 e. The minimum Gasteiger partial charge on any atom is -0.437 e. The SMILES string of the molecule is C[Si](C)(C)O[Si](C)(CCC(COCC(O)CO)OCC(CO)OCC(O)CO)O[Si](C)(C)C. The van der Waals surface area contributed by atoms with Crippen LogP contribution in [0.1, 0.15) is 6.42 Å². The van der Waals surface area contributed by atoms with Crippen molar-refractivity contribution in [1.29, 1.82) is 0 Å². The maximum Gasteiger partial charge on any atom is 0.314 e. The molecule has 0 aromatic heterocycles. The Kier molecular flexibility index (Phi) is 16.2. The molecule has 200 valence electrons. The zero-order chi connectivity index (χ0) is 25.7. The molecule has 0 spiro atoms. The molecule has 5 N–H and O–H groups in total. The summed E-state index contributed by atoms with van der Waals surface area (Å²) in [7, 11) is -6.19. The van der Waals surface area contributed by atoms with Crippen LogP contribution in [-0.4, -0.2) is 121 Å². The van der Waals surface area contributed by atoms with Crippen molar-refractivity contribution >= 4 is 25.2 Å². The van der Waals surface area contributed by atoms with Crippen LogP contribution in [0.4, 0.5) is 0 Å². The van der Waals surface area contributed by atoms with Gasteiger partial charge in [-0.15, -0.1) is 0 Å². The van der Waals surface area contributed by atoms with Crippen LogP contribution in [-0.2, 0) is 22.4 Å². The lowest BCUT2D eigenvalue weighted by molar-refractivity contribution is -0.105. The van der Waals surface area contributed by atoms with Gasteiger partial charge >= 0.3 is 8.56 Å². The summed E-state index contributed by atoms with van der Waals surface area (Å²) in [5, 5.41) is 46.5. The first-order valence-electron chi connectivity index (χ1n) is 11.5. The van der Waals surface area contributed by atoms with Gasteiger partial charge in [0.2, 0.25) is 0 Å². The first kappa shape index (κ1) is 33.3. The predicted molar refractivity (Wildman–Crippen MR) is 133 cm³/mol. The van der Waals surface area contributed by atoms with E-state index in [2.05, 4.69) is 45.8 Å². The molecule has 0 heterocycles. The van der Waals surface area contributed by atoms with Crippen LogP contribution < -0.4 is 0 Å². The van der Waals surface area contributed by atoms with Crippen molar-refractivity contribution in [2.45, 2.75) is 82.7 Å². The van der Waals surface area contributed by atoms with E-state index in [-0.39, 0.29) is 39.1 Å². The summed E-state index contributed by atoms with van der Waals surface area (Å²) in [6.45, 7) is 13.9. The molecular formula is C20H48O10Si3. The Morgan fingerprint density at radius 2 is 1.09 bits per heavy atom.